The minimum Gasteiger partial charge on any atom is -0.481 e. The number of rotatable bonds is 21. The van der Waals surface area contributed by atoms with Crippen molar-refractivity contribution in [3.63, 3.8) is 0 Å². The molecule has 1 amide bonds. The van der Waals surface area contributed by atoms with Crippen molar-refractivity contribution in [2.75, 3.05) is 19.8 Å². The number of aliphatic hydroxyl groups is 3. The van der Waals surface area contributed by atoms with Gasteiger partial charge in [-0.1, -0.05) is 64.0 Å². The number of carboxylic acid groups (broad SMARTS) is 1. The molecule has 1 unspecified atom stereocenters. The van der Waals surface area contributed by atoms with Crippen LogP contribution in [0.3, 0.4) is 0 Å². The zero-order valence-electron chi connectivity index (χ0n) is 21.1. The third-order valence-corrected chi connectivity index (χ3v) is 6.18. The maximum atomic E-state index is 12.2. The highest BCUT2D eigenvalue weighted by Gasteiger charge is 2.42. The summed E-state index contributed by atoms with van der Waals surface area (Å²) in [5, 5.41) is 35.7. The number of hydrogen-bond donors (Lipinski definition) is 5. The second-order valence-electron chi connectivity index (χ2n) is 8.86. The van der Waals surface area contributed by atoms with Gasteiger partial charge in [-0.15, -0.1) is 0 Å². The van der Waals surface area contributed by atoms with E-state index in [9.17, 15) is 20.1 Å². The van der Waals surface area contributed by atoms with Crippen molar-refractivity contribution >= 4 is 11.9 Å². The van der Waals surface area contributed by atoms with Crippen molar-refractivity contribution in [2.45, 2.75) is 110 Å². The summed E-state index contributed by atoms with van der Waals surface area (Å²) in [6.07, 6.45) is 19.7. The predicted molar refractivity (Wildman–Crippen MR) is 134 cm³/mol. The van der Waals surface area contributed by atoms with Crippen LogP contribution in [0.25, 0.3) is 0 Å². The van der Waals surface area contributed by atoms with E-state index in [4.69, 9.17) is 15.6 Å². The van der Waals surface area contributed by atoms with Gasteiger partial charge in [0, 0.05) is 26.7 Å². The third-order valence-electron chi connectivity index (χ3n) is 6.18. The molecular weight excluding hydrogens is 422 g/mol. The van der Waals surface area contributed by atoms with Gasteiger partial charge in [0.25, 0.3) is 5.97 Å². The van der Waals surface area contributed by atoms with Crippen LogP contribution in [0.2, 0.25) is 0 Å². The monoisotopic (exact) mass is 473 g/mol. The number of amides is 1. The smallest absolute Gasteiger partial charge is 0.300 e. The summed E-state index contributed by atoms with van der Waals surface area (Å²) < 4.78 is 0. The molecule has 0 radical (unpaired) electrons. The Balaban J connectivity index is 0. The molecule has 0 fully saturated rings. The van der Waals surface area contributed by atoms with E-state index in [0.29, 0.717) is 6.42 Å². The highest BCUT2D eigenvalue weighted by molar-refractivity contribution is 5.81. The van der Waals surface area contributed by atoms with Gasteiger partial charge in [-0.05, 0) is 57.3 Å². The zero-order chi connectivity index (χ0) is 25.4. The van der Waals surface area contributed by atoms with Gasteiger partial charge in [-0.3, -0.25) is 9.59 Å². The molecule has 7 heteroatoms. The summed E-state index contributed by atoms with van der Waals surface area (Å²) in [6.45, 7) is 3.02. The average molecular weight is 474 g/mol. The van der Waals surface area contributed by atoms with E-state index in [1.807, 2.05) is 0 Å². The Morgan fingerprint density at radius 1 is 0.788 bits per heavy atom. The number of unbranched alkanes of at least 4 members (excludes halogenated alkanes) is 9. The lowest BCUT2D eigenvalue weighted by molar-refractivity contribution is -0.135. The molecule has 7 nitrogen and oxygen atoms in total. The molecule has 196 valence electrons. The van der Waals surface area contributed by atoms with Gasteiger partial charge in [0.15, 0.2) is 0 Å². The molecule has 0 rings (SSSR count). The number of hydrogen-bond acceptors (Lipinski definition) is 5. The first kappa shape index (κ1) is 33.7. The highest BCUT2D eigenvalue weighted by Crippen LogP contribution is 2.40. The van der Waals surface area contributed by atoms with E-state index < -0.39 is 17.3 Å². The first-order chi connectivity index (χ1) is 15.8. The van der Waals surface area contributed by atoms with E-state index in [1.54, 1.807) is 0 Å². The Labute approximate surface area is 201 Å². The number of aliphatic hydroxyl groups excluding tert-OH is 3. The number of carboxylic acids is 1. The second-order valence-corrected chi connectivity index (χ2v) is 8.86. The van der Waals surface area contributed by atoms with Gasteiger partial charge >= 0.3 is 0 Å². The molecule has 0 aromatic heterocycles. The molecule has 0 aliphatic carbocycles. The topological polar surface area (TPSA) is 141 Å². The fraction of sp³-hybridized carbons (Fsp3) is 0.846. The summed E-state index contributed by atoms with van der Waals surface area (Å²) in [4.78, 5) is 21.2. The highest BCUT2D eigenvalue weighted by atomic mass is 16.4. The van der Waals surface area contributed by atoms with E-state index >= 15 is 0 Å². The number of aliphatic carboxylic acids is 1. The van der Waals surface area contributed by atoms with Crippen LogP contribution in [-0.4, -0.2) is 52.1 Å². The molecule has 0 saturated heterocycles. The van der Waals surface area contributed by atoms with Crippen molar-refractivity contribution < 1.29 is 30.0 Å². The van der Waals surface area contributed by atoms with Gasteiger partial charge in [0.1, 0.15) is 0 Å². The Hall–Kier alpha value is -1.44. The Morgan fingerprint density at radius 3 is 1.67 bits per heavy atom. The quantitative estimate of drug-likeness (QED) is 0.122. The Kier molecular flexibility index (Phi) is 24.2. The van der Waals surface area contributed by atoms with Gasteiger partial charge in [-0.25, -0.2) is 0 Å². The van der Waals surface area contributed by atoms with Gasteiger partial charge in [-0.2, -0.15) is 0 Å². The molecule has 1 atom stereocenters. The van der Waals surface area contributed by atoms with E-state index in [0.717, 1.165) is 39.0 Å². The molecule has 0 bridgehead atoms. The van der Waals surface area contributed by atoms with Gasteiger partial charge in [0.05, 0.1) is 5.41 Å². The molecule has 0 heterocycles. The number of allylic oxidation sites excluding steroid dienone is 2. The number of carbonyl (C=O) groups is 2. The number of carbonyl (C=O) groups excluding carboxylic acids is 1. The van der Waals surface area contributed by atoms with Crippen molar-refractivity contribution in [3.8, 4) is 0 Å². The average Bonchev–Trinajstić information content (AvgIpc) is 2.75. The SMILES string of the molecule is CC(=O)O.CCCCCCCCC=CCCCCCC(CCO)C(CCO)(CCO)C(N)=O. The molecule has 0 spiro atoms. The largest absolute Gasteiger partial charge is 0.481 e. The molecule has 0 aliphatic heterocycles. The van der Waals surface area contributed by atoms with Crippen LogP contribution in [0.15, 0.2) is 12.2 Å². The Bertz CT molecular complexity index is 485. The lowest BCUT2D eigenvalue weighted by Gasteiger charge is -2.38. The number of nitrogens with two attached hydrogens (primary N) is 1. The molecule has 33 heavy (non-hydrogen) atoms. The van der Waals surface area contributed by atoms with Crippen LogP contribution in [0.5, 0.6) is 0 Å². The standard InChI is InChI=1S/C24H47NO4.C2H4O2/c1-2-3-4-5-6-7-8-9-10-11-12-13-14-15-22(16-19-26)24(17-20-27,18-21-28)23(25)29;1-2(3)4/h9-10,22,26-28H,2-8,11-21H2,1H3,(H2,25,29);1H3,(H,3,4). The van der Waals surface area contributed by atoms with Crippen LogP contribution >= 0.6 is 0 Å². The van der Waals surface area contributed by atoms with Crippen LogP contribution in [0, 0.1) is 11.3 Å². The minimum atomic E-state index is -0.927. The van der Waals surface area contributed by atoms with Crippen molar-refractivity contribution in [3.05, 3.63) is 12.2 Å². The normalized spacial score (nSPS) is 12.4. The maximum Gasteiger partial charge on any atom is 0.300 e. The van der Waals surface area contributed by atoms with Crippen molar-refractivity contribution in [2.24, 2.45) is 17.1 Å². The lowest BCUT2D eigenvalue weighted by atomic mass is 9.67. The zero-order valence-corrected chi connectivity index (χ0v) is 21.1. The van der Waals surface area contributed by atoms with Gasteiger partial charge < -0.3 is 26.2 Å². The van der Waals surface area contributed by atoms with Crippen LogP contribution in [0.1, 0.15) is 110 Å². The molecule has 0 aromatic carbocycles. The van der Waals surface area contributed by atoms with Crippen molar-refractivity contribution in [1.82, 2.24) is 0 Å². The van der Waals surface area contributed by atoms with E-state index in [-0.39, 0.29) is 38.6 Å². The Morgan fingerprint density at radius 2 is 1.24 bits per heavy atom. The minimum absolute atomic E-state index is 0.0161. The van der Waals surface area contributed by atoms with E-state index in [2.05, 4.69) is 19.1 Å². The summed E-state index contributed by atoms with van der Waals surface area (Å²) in [6, 6.07) is 0. The second kappa shape index (κ2) is 23.7. The first-order valence-electron chi connectivity index (χ1n) is 12.8. The molecule has 0 saturated carbocycles. The fourth-order valence-electron chi connectivity index (χ4n) is 4.34. The van der Waals surface area contributed by atoms with Crippen molar-refractivity contribution in [1.29, 1.82) is 0 Å². The predicted octanol–water partition coefficient (Wildman–Crippen LogP) is 4.57. The molecule has 6 N–H and O–H groups in total. The summed E-state index contributed by atoms with van der Waals surface area (Å²) >= 11 is 0. The molecule has 0 aliphatic rings. The van der Waals surface area contributed by atoms with Crippen LogP contribution in [-0.2, 0) is 9.59 Å². The number of primary amides is 1. The third kappa shape index (κ3) is 18.6. The van der Waals surface area contributed by atoms with E-state index in [1.165, 1.54) is 44.9 Å². The summed E-state index contributed by atoms with van der Waals surface area (Å²) in [5.74, 6) is -1.41. The van der Waals surface area contributed by atoms with Crippen LogP contribution in [0.4, 0.5) is 0 Å². The lowest BCUT2D eigenvalue weighted by Crippen LogP contribution is -2.45. The van der Waals surface area contributed by atoms with Gasteiger partial charge in [0.2, 0.25) is 5.91 Å². The molecular formula is C26H51NO6. The summed E-state index contributed by atoms with van der Waals surface area (Å²) in [5.41, 5.74) is 4.74. The maximum absolute atomic E-state index is 12.2. The fourth-order valence-corrected chi connectivity index (χ4v) is 4.34. The first-order valence-corrected chi connectivity index (χ1v) is 12.8. The van der Waals surface area contributed by atoms with Crippen LogP contribution < -0.4 is 5.73 Å². The summed E-state index contributed by atoms with van der Waals surface area (Å²) in [7, 11) is 0. The molecule has 0 aromatic rings.